The van der Waals surface area contributed by atoms with Crippen LogP contribution in [0.3, 0.4) is 0 Å². The van der Waals surface area contributed by atoms with E-state index in [-0.39, 0.29) is 11.7 Å². The summed E-state index contributed by atoms with van der Waals surface area (Å²) < 4.78 is 27.3. The number of rotatable bonds is 5. The van der Waals surface area contributed by atoms with Crippen LogP contribution in [-0.2, 0) is 20.6 Å². The van der Waals surface area contributed by atoms with Crippen LogP contribution in [0.5, 0.6) is 0 Å². The van der Waals surface area contributed by atoms with Gasteiger partial charge in [-0.25, -0.2) is 13.1 Å². The fourth-order valence-electron chi connectivity index (χ4n) is 3.20. The minimum absolute atomic E-state index is 0.124. The molecule has 0 aliphatic carbocycles. The fourth-order valence-corrected chi connectivity index (χ4v) is 4.57. The maximum absolute atomic E-state index is 12.7. The van der Waals surface area contributed by atoms with Crippen LogP contribution in [0.15, 0.2) is 48.5 Å². The van der Waals surface area contributed by atoms with Crippen molar-refractivity contribution in [2.45, 2.75) is 32.1 Å². The zero-order chi connectivity index (χ0) is 18.0. The molecule has 1 saturated heterocycles. The lowest BCUT2D eigenvalue weighted by atomic mass is 10.1. The second-order valence-electron chi connectivity index (χ2n) is 6.54. The van der Waals surface area contributed by atoms with E-state index in [1.54, 1.807) is 29.2 Å². The first-order valence-electron chi connectivity index (χ1n) is 8.28. The highest BCUT2D eigenvalue weighted by molar-refractivity contribution is 7.88. The molecule has 3 rings (SSSR count). The van der Waals surface area contributed by atoms with Gasteiger partial charge in [0, 0.05) is 12.2 Å². The minimum atomic E-state index is -3.57. The van der Waals surface area contributed by atoms with E-state index in [9.17, 15) is 13.2 Å². The molecule has 0 radical (unpaired) electrons. The number of nitrogens with zero attached hydrogens (tertiary/aromatic N) is 1. The molecule has 1 aliphatic rings. The zero-order valence-corrected chi connectivity index (χ0v) is 15.2. The highest BCUT2D eigenvalue weighted by Gasteiger charge is 2.35. The van der Waals surface area contributed by atoms with E-state index in [1.807, 2.05) is 38.1 Å². The number of anilines is 1. The molecular formula is C19H22N2O3S. The predicted molar refractivity (Wildman–Crippen MR) is 98.9 cm³/mol. The van der Waals surface area contributed by atoms with Crippen molar-refractivity contribution in [2.24, 2.45) is 0 Å². The number of carbonyl (C=O) groups excluding carboxylic acids is 1. The van der Waals surface area contributed by atoms with E-state index < -0.39 is 16.1 Å². The van der Waals surface area contributed by atoms with Gasteiger partial charge in [-0.05, 0) is 49.1 Å². The van der Waals surface area contributed by atoms with Gasteiger partial charge in [-0.1, -0.05) is 36.4 Å². The van der Waals surface area contributed by atoms with Crippen LogP contribution in [0, 0.1) is 13.8 Å². The Bertz CT molecular complexity index is 859. The molecule has 1 fully saturated rings. The first-order chi connectivity index (χ1) is 11.8. The van der Waals surface area contributed by atoms with Crippen LogP contribution in [0.2, 0.25) is 0 Å². The van der Waals surface area contributed by atoms with E-state index in [0.29, 0.717) is 18.5 Å². The van der Waals surface area contributed by atoms with Gasteiger partial charge < -0.3 is 4.90 Å². The molecule has 5 nitrogen and oxygen atoms in total. The molecule has 25 heavy (non-hydrogen) atoms. The average Bonchev–Trinajstić information content (AvgIpc) is 2.87. The number of benzene rings is 2. The lowest BCUT2D eigenvalue weighted by Crippen LogP contribution is -2.42. The molecule has 2 aromatic carbocycles. The van der Waals surface area contributed by atoms with Gasteiger partial charge >= 0.3 is 0 Å². The standard InChI is InChI=1S/C19H22N2O3S/c1-14-10-15(2)12-17(11-14)21-9-8-18(19(21)22)20-25(23,24)13-16-6-4-3-5-7-16/h3-7,10-12,18,20H,8-9,13H2,1-2H3/t18-/m1/s1. The van der Waals surface area contributed by atoms with Gasteiger partial charge in [0.15, 0.2) is 0 Å². The number of amides is 1. The third-order valence-corrected chi connectivity index (χ3v) is 5.60. The molecule has 1 aliphatic heterocycles. The second-order valence-corrected chi connectivity index (χ2v) is 8.29. The van der Waals surface area contributed by atoms with Gasteiger partial charge in [-0.15, -0.1) is 0 Å². The number of hydrogen-bond donors (Lipinski definition) is 1. The van der Waals surface area contributed by atoms with Crippen molar-refractivity contribution in [2.75, 3.05) is 11.4 Å². The van der Waals surface area contributed by atoms with E-state index in [0.717, 1.165) is 16.8 Å². The van der Waals surface area contributed by atoms with Crippen LogP contribution in [0.25, 0.3) is 0 Å². The summed E-state index contributed by atoms with van der Waals surface area (Å²) in [4.78, 5) is 14.3. The Morgan fingerprint density at radius 2 is 1.72 bits per heavy atom. The summed E-state index contributed by atoms with van der Waals surface area (Å²) in [7, 11) is -3.57. The van der Waals surface area contributed by atoms with Crippen molar-refractivity contribution in [1.82, 2.24) is 4.72 Å². The second kappa shape index (κ2) is 6.98. The molecule has 0 bridgehead atoms. The smallest absolute Gasteiger partial charge is 0.245 e. The third-order valence-electron chi connectivity index (χ3n) is 4.24. The highest BCUT2D eigenvalue weighted by Crippen LogP contribution is 2.24. The van der Waals surface area contributed by atoms with E-state index in [4.69, 9.17) is 0 Å². The molecule has 0 spiro atoms. The van der Waals surface area contributed by atoms with Crippen molar-refractivity contribution < 1.29 is 13.2 Å². The molecule has 1 atom stereocenters. The van der Waals surface area contributed by atoms with Crippen molar-refractivity contribution in [1.29, 1.82) is 0 Å². The number of hydrogen-bond acceptors (Lipinski definition) is 3. The van der Waals surface area contributed by atoms with Crippen LogP contribution in [0.1, 0.15) is 23.1 Å². The van der Waals surface area contributed by atoms with Crippen molar-refractivity contribution in [3.8, 4) is 0 Å². The van der Waals surface area contributed by atoms with E-state index >= 15 is 0 Å². The Labute approximate surface area is 148 Å². The summed E-state index contributed by atoms with van der Waals surface area (Å²) in [5.41, 5.74) is 3.69. The van der Waals surface area contributed by atoms with Gasteiger partial charge in [-0.2, -0.15) is 0 Å². The lowest BCUT2D eigenvalue weighted by Gasteiger charge is -2.18. The summed E-state index contributed by atoms with van der Waals surface area (Å²) in [6.45, 7) is 4.48. The van der Waals surface area contributed by atoms with Crippen molar-refractivity contribution >= 4 is 21.6 Å². The number of nitrogens with one attached hydrogen (secondary N) is 1. The summed E-state index contributed by atoms with van der Waals surface area (Å²) in [5.74, 6) is -0.317. The normalized spacial score (nSPS) is 17.9. The van der Waals surface area contributed by atoms with Gasteiger partial charge in [-0.3, -0.25) is 4.79 Å². The molecule has 0 aromatic heterocycles. The lowest BCUT2D eigenvalue weighted by molar-refractivity contribution is -0.118. The molecule has 1 heterocycles. The first kappa shape index (κ1) is 17.6. The van der Waals surface area contributed by atoms with Gasteiger partial charge in [0.25, 0.3) is 0 Å². The van der Waals surface area contributed by atoms with E-state index in [2.05, 4.69) is 4.72 Å². The molecular weight excluding hydrogens is 336 g/mol. The van der Waals surface area contributed by atoms with Crippen LogP contribution < -0.4 is 9.62 Å². The van der Waals surface area contributed by atoms with Crippen LogP contribution in [0.4, 0.5) is 5.69 Å². The summed E-state index contributed by atoms with van der Waals surface area (Å²) in [5, 5.41) is 0. The first-order valence-corrected chi connectivity index (χ1v) is 9.93. The third kappa shape index (κ3) is 4.27. The molecule has 1 N–H and O–H groups in total. The number of sulfonamides is 1. The Morgan fingerprint density at radius 1 is 1.08 bits per heavy atom. The number of aryl methyl sites for hydroxylation is 2. The fraction of sp³-hybridized carbons (Fsp3) is 0.316. The molecule has 0 saturated carbocycles. The molecule has 1 amide bonds. The van der Waals surface area contributed by atoms with Crippen LogP contribution >= 0.6 is 0 Å². The summed E-state index contributed by atoms with van der Waals surface area (Å²) >= 11 is 0. The predicted octanol–water partition coefficient (Wildman–Crippen LogP) is 2.53. The van der Waals surface area contributed by atoms with Gasteiger partial charge in [0.1, 0.15) is 6.04 Å². The maximum Gasteiger partial charge on any atom is 0.245 e. The summed E-state index contributed by atoms with van der Waals surface area (Å²) in [6, 6.07) is 14.2. The molecule has 0 unspecified atom stereocenters. The number of carbonyl (C=O) groups is 1. The Balaban J connectivity index is 1.71. The Hall–Kier alpha value is -2.18. The Kier molecular flexibility index (Phi) is 4.92. The average molecular weight is 358 g/mol. The van der Waals surface area contributed by atoms with Crippen molar-refractivity contribution in [3.63, 3.8) is 0 Å². The molecule has 6 heteroatoms. The maximum atomic E-state index is 12.7. The minimum Gasteiger partial charge on any atom is -0.311 e. The quantitative estimate of drug-likeness (QED) is 0.893. The molecule has 2 aromatic rings. The highest BCUT2D eigenvalue weighted by atomic mass is 32.2. The monoisotopic (exact) mass is 358 g/mol. The van der Waals surface area contributed by atoms with Crippen LogP contribution in [-0.4, -0.2) is 26.9 Å². The van der Waals surface area contributed by atoms with Gasteiger partial charge in [0.2, 0.25) is 15.9 Å². The summed E-state index contributed by atoms with van der Waals surface area (Å²) in [6.07, 6.45) is 0.472. The van der Waals surface area contributed by atoms with E-state index in [1.165, 1.54) is 0 Å². The Morgan fingerprint density at radius 3 is 2.36 bits per heavy atom. The molecule has 132 valence electrons. The zero-order valence-electron chi connectivity index (χ0n) is 14.4. The SMILES string of the molecule is Cc1cc(C)cc(N2CC[C@@H](NS(=O)(=O)Cc3ccccc3)C2=O)c1. The van der Waals surface area contributed by atoms with Gasteiger partial charge in [0.05, 0.1) is 5.75 Å². The topological polar surface area (TPSA) is 66.5 Å². The largest absolute Gasteiger partial charge is 0.311 e. The van der Waals surface area contributed by atoms with Crippen molar-refractivity contribution in [3.05, 3.63) is 65.2 Å².